The van der Waals surface area contributed by atoms with Crippen molar-refractivity contribution < 1.29 is 0 Å². The third kappa shape index (κ3) is 2.30. The minimum Gasteiger partial charge on any atom is -0.371 e. The zero-order valence-corrected chi connectivity index (χ0v) is 12.5. The Bertz CT molecular complexity index is 421. The lowest BCUT2D eigenvalue weighted by Gasteiger charge is -2.23. The van der Waals surface area contributed by atoms with Crippen LogP contribution in [0.2, 0.25) is 0 Å². The summed E-state index contributed by atoms with van der Waals surface area (Å²) in [5.74, 6) is 1.90. The normalized spacial score (nSPS) is 26.7. The highest BCUT2D eigenvalue weighted by Crippen LogP contribution is 2.40. The zero-order valence-electron chi connectivity index (χ0n) is 11.0. The van der Waals surface area contributed by atoms with Crippen LogP contribution in [0.1, 0.15) is 24.8 Å². The maximum atomic E-state index is 3.61. The van der Waals surface area contributed by atoms with E-state index in [2.05, 4.69) is 44.3 Å². The average Bonchev–Trinajstić information content (AvgIpc) is 2.92. The molecular weight excluding hydrogens is 288 g/mol. The molecule has 1 heterocycles. The molecule has 1 aliphatic carbocycles. The Morgan fingerprint density at radius 1 is 1.28 bits per heavy atom. The van der Waals surface area contributed by atoms with E-state index in [-0.39, 0.29) is 0 Å². The molecule has 1 saturated carbocycles. The molecule has 0 radical (unpaired) electrons. The van der Waals surface area contributed by atoms with Crippen LogP contribution in [0.15, 0.2) is 22.7 Å². The van der Waals surface area contributed by atoms with E-state index >= 15 is 0 Å². The van der Waals surface area contributed by atoms with Gasteiger partial charge in [0.25, 0.3) is 0 Å². The molecule has 2 unspecified atom stereocenters. The highest BCUT2D eigenvalue weighted by molar-refractivity contribution is 9.10. The van der Waals surface area contributed by atoms with Crippen molar-refractivity contribution in [1.29, 1.82) is 0 Å². The Morgan fingerprint density at radius 2 is 2.00 bits per heavy atom. The van der Waals surface area contributed by atoms with Crippen molar-refractivity contribution in [3.8, 4) is 0 Å². The standard InChI is InChI=1S/C15H21BrN2/c1-17-8-11-5-6-14(16)7-15(11)18-9-12-3-2-4-13(12)10-18/h5-7,12-13,17H,2-4,8-10H2,1H3. The molecule has 18 heavy (non-hydrogen) atoms. The molecule has 3 rings (SSSR count). The quantitative estimate of drug-likeness (QED) is 0.920. The summed E-state index contributed by atoms with van der Waals surface area (Å²) in [5.41, 5.74) is 2.84. The second-order valence-electron chi connectivity index (χ2n) is 5.66. The van der Waals surface area contributed by atoms with Gasteiger partial charge in [0.05, 0.1) is 0 Å². The molecular formula is C15H21BrN2. The molecule has 98 valence electrons. The van der Waals surface area contributed by atoms with Gasteiger partial charge in [-0.2, -0.15) is 0 Å². The lowest BCUT2D eigenvalue weighted by atomic mass is 10.0. The molecule has 1 aromatic rings. The summed E-state index contributed by atoms with van der Waals surface area (Å²) < 4.78 is 1.19. The minimum atomic E-state index is 0.950. The van der Waals surface area contributed by atoms with Gasteiger partial charge in [-0.15, -0.1) is 0 Å². The van der Waals surface area contributed by atoms with Crippen molar-refractivity contribution in [3.05, 3.63) is 28.2 Å². The van der Waals surface area contributed by atoms with Crippen LogP contribution in [-0.2, 0) is 6.54 Å². The molecule has 2 aliphatic rings. The smallest absolute Gasteiger partial charge is 0.0423 e. The fourth-order valence-electron chi connectivity index (χ4n) is 3.60. The molecule has 0 aromatic heterocycles. The van der Waals surface area contributed by atoms with Crippen molar-refractivity contribution in [1.82, 2.24) is 5.32 Å². The molecule has 1 N–H and O–H groups in total. The van der Waals surface area contributed by atoms with Crippen LogP contribution in [0, 0.1) is 11.8 Å². The van der Waals surface area contributed by atoms with E-state index in [1.54, 1.807) is 0 Å². The van der Waals surface area contributed by atoms with E-state index in [1.807, 2.05) is 7.05 Å². The van der Waals surface area contributed by atoms with E-state index in [9.17, 15) is 0 Å². The van der Waals surface area contributed by atoms with Crippen LogP contribution in [0.5, 0.6) is 0 Å². The largest absolute Gasteiger partial charge is 0.371 e. The third-order valence-electron chi connectivity index (χ3n) is 4.48. The van der Waals surface area contributed by atoms with Gasteiger partial charge in [0.1, 0.15) is 0 Å². The van der Waals surface area contributed by atoms with Gasteiger partial charge in [0.2, 0.25) is 0 Å². The van der Waals surface area contributed by atoms with E-state index in [0.29, 0.717) is 0 Å². The number of benzene rings is 1. The lowest BCUT2D eigenvalue weighted by molar-refractivity contribution is 0.494. The second kappa shape index (κ2) is 5.22. The number of nitrogens with zero attached hydrogens (tertiary/aromatic N) is 1. The molecule has 2 fully saturated rings. The maximum Gasteiger partial charge on any atom is 0.0423 e. The first-order valence-corrected chi connectivity index (χ1v) is 7.75. The van der Waals surface area contributed by atoms with Crippen molar-refractivity contribution in [2.45, 2.75) is 25.8 Å². The van der Waals surface area contributed by atoms with Crippen LogP contribution < -0.4 is 10.2 Å². The number of nitrogens with one attached hydrogen (secondary N) is 1. The van der Waals surface area contributed by atoms with Gasteiger partial charge in [-0.3, -0.25) is 0 Å². The Balaban J connectivity index is 1.85. The minimum absolute atomic E-state index is 0.950. The van der Waals surface area contributed by atoms with Crippen LogP contribution in [0.4, 0.5) is 5.69 Å². The molecule has 1 saturated heterocycles. The lowest BCUT2D eigenvalue weighted by Crippen LogP contribution is -2.23. The highest BCUT2D eigenvalue weighted by atomic mass is 79.9. The molecule has 1 aliphatic heterocycles. The van der Waals surface area contributed by atoms with E-state index in [4.69, 9.17) is 0 Å². The van der Waals surface area contributed by atoms with Gasteiger partial charge >= 0.3 is 0 Å². The summed E-state index contributed by atoms with van der Waals surface area (Å²) in [6.45, 7) is 3.48. The van der Waals surface area contributed by atoms with Crippen LogP contribution in [0.3, 0.4) is 0 Å². The highest BCUT2D eigenvalue weighted by Gasteiger charge is 2.36. The molecule has 0 amide bonds. The van der Waals surface area contributed by atoms with Crippen molar-refractivity contribution in [3.63, 3.8) is 0 Å². The molecule has 0 spiro atoms. The Labute approximate surface area is 118 Å². The van der Waals surface area contributed by atoms with Gasteiger partial charge < -0.3 is 10.2 Å². The summed E-state index contributed by atoms with van der Waals surface area (Å²) in [4.78, 5) is 2.60. The first kappa shape index (κ1) is 12.5. The summed E-state index contributed by atoms with van der Waals surface area (Å²) in [6.07, 6.45) is 4.33. The Kier molecular flexibility index (Phi) is 3.62. The third-order valence-corrected chi connectivity index (χ3v) is 4.97. The molecule has 2 nitrogen and oxygen atoms in total. The van der Waals surface area contributed by atoms with Crippen LogP contribution in [0.25, 0.3) is 0 Å². The number of halogens is 1. The fourth-order valence-corrected chi connectivity index (χ4v) is 3.95. The average molecular weight is 309 g/mol. The van der Waals surface area contributed by atoms with E-state index < -0.39 is 0 Å². The van der Waals surface area contributed by atoms with Gasteiger partial charge in [-0.25, -0.2) is 0 Å². The zero-order chi connectivity index (χ0) is 12.5. The molecule has 3 heteroatoms. The number of hydrogen-bond acceptors (Lipinski definition) is 2. The van der Waals surface area contributed by atoms with Crippen molar-refractivity contribution in [2.24, 2.45) is 11.8 Å². The first-order valence-electron chi connectivity index (χ1n) is 6.96. The first-order chi connectivity index (χ1) is 8.78. The van der Waals surface area contributed by atoms with Crippen LogP contribution >= 0.6 is 15.9 Å². The van der Waals surface area contributed by atoms with Gasteiger partial charge in [0, 0.05) is 29.8 Å². The fraction of sp³-hybridized carbons (Fsp3) is 0.600. The summed E-state index contributed by atoms with van der Waals surface area (Å²) >= 11 is 3.61. The maximum absolute atomic E-state index is 3.61. The topological polar surface area (TPSA) is 15.3 Å². The van der Waals surface area contributed by atoms with E-state index in [1.165, 1.54) is 48.1 Å². The predicted octanol–water partition coefficient (Wildman–Crippen LogP) is 3.40. The summed E-state index contributed by atoms with van der Waals surface area (Å²) in [7, 11) is 2.02. The summed E-state index contributed by atoms with van der Waals surface area (Å²) in [5, 5.41) is 3.28. The Morgan fingerprint density at radius 3 is 2.67 bits per heavy atom. The van der Waals surface area contributed by atoms with E-state index in [0.717, 1.165) is 18.4 Å². The van der Waals surface area contributed by atoms with Gasteiger partial charge in [-0.1, -0.05) is 28.4 Å². The van der Waals surface area contributed by atoms with Gasteiger partial charge in [-0.05, 0) is 49.4 Å². The number of fused-ring (bicyclic) bond motifs is 1. The van der Waals surface area contributed by atoms with Crippen LogP contribution in [-0.4, -0.2) is 20.1 Å². The summed E-state index contributed by atoms with van der Waals surface area (Å²) in [6, 6.07) is 6.67. The Hall–Kier alpha value is -0.540. The molecule has 2 atom stereocenters. The van der Waals surface area contributed by atoms with Crippen molar-refractivity contribution >= 4 is 21.6 Å². The number of rotatable bonds is 3. The second-order valence-corrected chi connectivity index (χ2v) is 6.58. The monoisotopic (exact) mass is 308 g/mol. The van der Waals surface area contributed by atoms with Crippen molar-refractivity contribution in [2.75, 3.05) is 25.0 Å². The molecule has 1 aromatic carbocycles. The predicted molar refractivity (Wildman–Crippen MR) is 79.9 cm³/mol. The number of hydrogen-bond donors (Lipinski definition) is 1. The SMILES string of the molecule is CNCc1ccc(Br)cc1N1CC2CCCC2C1. The number of anilines is 1. The van der Waals surface area contributed by atoms with Gasteiger partial charge in [0.15, 0.2) is 0 Å². The molecule has 0 bridgehead atoms.